The van der Waals surface area contributed by atoms with Crippen LogP contribution in [0.3, 0.4) is 0 Å². The van der Waals surface area contributed by atoms with Crippen molar-refractivity contribution in [3.05, 3.63) is 13.2 Å². The van der Waals surface area contributed by atoms with Gasteiger partial charge in [-0.05, 0) is 13.0 Å². The van der Waals surface area contributed by atoms with E-state index in [2.05, 4.69) is 11.8 Å². The van der Waals surface area contributed by atoms with E-state index < -0.39 is 0 Å². The summed E-state index contributed by atoms with van der Waals surface area (Å²) in [6.45, 7) is 6.64. The summed E-state index contributed by atoms with van der Waals surface area (Å²) in [4.78, 5) is 3.42. The summed E-state index contributed by atoms with van der Waals surface area (Å²) in [7, 11) is 0. The van der Waals surface area contributed by atoms with Crippen LogP contribution in [0.1, 0.15) is 20.3 Å². The van der Waals surface area contributed by atoms with Gasteiger partial charge in [0.15, 0.2) is 0 Å². The van der Waals surface area contributed by atoms with Crippen LogP contribution in [0.2, 0.25) is 0 Å². The van der Waals surface area contributed by atoms with Crippen molar-refractivity contribution in [3.8, 4) is 0 Å². The molecule has 1 saturated heterocycles. The van der Waals surface area contributed by atoms with E-state index in [1.165, 1.54) is 6.61 Å². The summed E-state index contributed by atoms with van der Waals surface area (Å²) in [5.74, 6) is 0. The molecule has 10 heavy (non-hydrogen) atoms. The fourth-order valence-electron chi connectivity index (χ4n) is 0.289. The molecule has 0 aliphatic carbocycles. The van der Waals surface area contributed by atoms with Crippen LogP contribution in [0, 0.1) is 13.2 Å². The average molecular weight is 221 g/mol. The van der Waals surface area contributed by atoms with Crippen molar-refractivity contribution in [1.29, 1.82) is 0 Å². The standard InChI is InChI=1S/C4H7O.C2H5O2.Y/c1-4-2-3-5-4;1-2-4-3;/h3-4H,2H2,1H3;2-3H,1H3;/q2*-1;. The smallest absolute Gasteiger partial charge is 0 e. The Balaban J connectivity index is 0. The first kappa shape index (κ1) is 13.6. The van der Waals surface area contributed by atoms with Gasteiger partial charge >= 0.3 is 0 Å². The summed E-state index contributed by atoms with van der Waals surface area (Å²) in [5.41, 5.74) is 0. The van der Waals surface area contributed by atoms with E-state index in [4.69, 9.17) is 9.99 Å². The third-order valence-electron chi connectivity index (χ3n) is 0.862. The third kappa shape index (κ3) is 8.98. The van der Waals surface area contributed by atoms with Gasteiger partial charge in [-0.2, -0.15) is 13.5 Å². The molecule has 1 aliphatic heterocycles. The summed E-state index contributed by atoms with van der Waals surface area (Å²) in [6.07, 6.45) is 1.65. The van der Waals surface area contributed by atoms with E-state index in [9.17, 15) is 0 Å². The molecular formula is C6H12O3Y-2. The minimum absolute atomic E-state index is 0. The largest absolute Gasteiger partial charge is 0.551 e. The zero-order valence-corrected chi connectivity index (χ0v) is 9.12. The van der Waals surface area contributed by atoms with Gasteiger partial charge in [0.1, 0.15) is 0 Å². The molecule has 0 bridgehead atoms. The molecule has 0 aromatic carbocycles. The second-order valence-electron chi connectivity index (χ2n) is 1.69. The molecule has 1 heterocycles. The second kappa shape index (κ2) is 9.98. The van der Waals surface area contributed by atoms with E-state index in [0.29, 0.717) is 6.10 Å². The van der Waals surface area contributed by atoms with Crippen molar-refractivity contribution in [2.75, 3.05) is 0 Å². The molecule has 1 unspecified atom stereocenters. The Morgan fingerprint density at radius 1 is 1.80 bits per heavy atom. The van der Waals surface area contributed by atoms with Gasteiger partial charge in [0.2, 0.25) is 0 Å². The molecule has 1 fully saturated rings. The molecule has 0 amide bonds. The van der Waals surface area contributed by atoms with E-state index in [1.807, 2.05) is 6.61 Å². The Kier molecular flexibility index (Phi) is 13.5. The normalized spacial score (nSPS) is 21.3. The van der Waals surface area contributed by atoms with E-state index in [-0.39, 0.29) is 32.7 Å². The molecule has 0 aromatic heterocycles. The predicted molar refractivity (Wildman–Crippen MR) is 33.2 cm³/mol. The molecule has 0 spiro atoms. The first-order valence-corrected chi connectivity index (χ1v) is 2.86. The topological polar surface area (TPSA) is 38.7 Å². The van der Waals surface area contributed by atoms with Crippen LogP contribution in [0.25, 0.3) is 0 Å². The number of rotatable bonds is 1. The fourth-order valence-corrected chi connectivity index (χ4v) is 0.289. The summed E-state index contributed by atoms with van der Waals surface area (Å²) in [5, 5.41) is 7.32. The Morgan fingerprint density at radius 3 is 2.10 bits per heavy atom. The van der Waals surface area contributed by atoms with Crippen molar-refractivity contribution < 1.29 is 47.6 Å². The number of hydrogen-bond donors (Lipinski definition) is 1. The minimum Gasteiger partial charge on any atom is -0.551 e. The van der Waals surface area contributed by atoms with E-state index >= 15 is 0 Å². The fraction of sp³-hybridized carbons (Fsp3) is 0.667. The molecule has 0 saturated carbocycles. The molecule has 0 aromatic rings. The van der Waals surface area contributed by atoms with Crippen molar-refractivity contribution >= 4 is 0 Å². The molecule has 59 valence electrons. The van der Waals surface area contributed by atoms with E-state index in [0.717, 1.165) is 6.42 Å². The van der Waals surface area contributed by atoms with Gasteiger partial charge < -0.3 is 9.62 Å². The minimum atomic E-state index is 0. The molecule has 1 atom stereocenters. The quantitative estimate of drug-likeness (QED) is 0.415. The van der Waals surface area contributed by atoms with Gasteiger partial charge in [0.25, 0.3) is 0 Å². The maximum Gasteiger partial charge on any atom is 0 e. The van der Waals surface area contributed by atoms with Crippen LogP contribution in [0.5, 0.6) is 0 Å². The van der Waals surface area contributed by atoms with Crippen molar-refractivity contribution in [3.63, 3.8) is 0 Å². The van der Waals surface area contributed by atoms with Gasteiger partial charge in [-0.3, -0.25) is 5.26 Å². The van der Waals surface area contributed by atoms with Crippen LogP contribution in [-0.4, -0.2) is 11.4 Å². The van der Waals surface area contributed by atoms with Crippen molar-refractivity contribution in [1.82, 2.24) is 0 Å². The predicted octanol–water partition coefficient (Wildman–Crippen LogP) is 1.61. The monoisotopic (exact) mass is 221 g/mol. The molecule has 1 rings (SSSR count). The zero-order valence-electron chi connectivity index (χ0n) is 6.28. The SMILES string of the molecule is CC1C[CH-]O1.C[CH-]OO.[Y]. The molecule has 3 nitrogen and oxygen atoms in total. The van der Waals surface area contributed by atoms with Gasteiger partial charge in [0.05, 0.1) is 0 Å². The molecular weight excluding hydrogens is 209 g/mol. The Hall–Kier alpha value is 0.984. The van der Waals surface area contributed by atoms with Gasteiger partial charge in [-0.15, -0.1) is 6.42 Å². The van der Waals surface area contributed by atoms with Gasteiger partial charge in [0, 0.05) is 32.7 Å². The van der Waals surface area contributed by atoms with Crippen LogP contribution >= 0.6 is 0 Å². The zero-order chi connectivity index (χ0) is 7.11. The van der Waals surface area contributed by atoms with Crippen LogP contribution in [-0.2, 0) is 42.3 Å². The molecule has 1 N–H and O–H groups in total. The van der Waals surface area contributed by atoms with Crippen molar-refractivity contribution in [2.24, 2.45) is 0 Å². The number of hydrogen-bond acceptors (Lipinski definition) is 3. The Labute approximate surface area is 86.9 Å². The molecule has 4 heteroatoms. The van der Waals surface area contributed by atoms with E-state index in [1.54, 1.807) is 6.92 Å². The van der Waals surface area contributed by atoms with Crippen LogP contribution in [0.15, 0.2) is 0 Å². The first-order valence-electron chi connectivity index (χ1n) is 2.86. The van der Waals surface area contributed by atoms with Crippen molar-refractivity contribution in [2.45, 2.75) is 26.4 Å². The van der Waals surface area contributed by atoms with Gasteiger partial charge in [-0.1, -0.05) is 0 Å². The van der Waals surface area contributed by atoms with Crippen LogP contribution < -0.4 is 0 Å². The Bertz CT molecular complexity index is 55.0. The summed E-state index contributed by atoms with van der Waals surface area (Å²) < 4.78 is 4.81. The summed E-state index contributed by atoms with van der Waals surface area (Å²) >= 11 is 0. The molecule has 1 radical (unpaired) electrons. The second-order valence-corrected chi connectivity index (χ2v) is 1.69. The third-order valence-corrected chi connectivity index (χ3v) is 0.862. The van der Waals surface area contributed by atoms with Gasteiger partial charge in [-0.25, -0.2) is 6.61 Å². The first-order chi connectivity index (χ1) is 4.31. The average Bonchev–Trinajstić information content (AvgIpc) is 1.84. The molecule has 1 aliphatic rings. The maximum atomic E-state index is 7.32. The number of ether oxygens (including phenoxy) is 1. The Morgan fingerprint density at radius 2 is 2.10 bits per heavy atom. The summed E-state index contributed by atoms with van der Waals surface area (Å²) in [6, 6.07) is 0. The maximum absolute atomic E-state index is 7.32. The van der Waals surface area contributed by atoms with Crippen LogP contribution in [0.4, 0.5) is 0 Å².